The van der Waals surface area contributed by atoms with Crippen LogP contribution in [0, 0.1) is 0 Å². The molecule has 15 heavy (non-hydrogen) atoms. The van der Waals surface area contributed by atoms with Gasteiger partial charge in [0.2, 0.25) is 5.88 Å². The van der Waals surface area contributed by atoms with E-state index in [1.54, 1.807) is 13.3 Å². The van der Waals surface area contributed by atoms with E-state index in [2.05, 4.69) is 20.9 Å². The number of hydrogen-bond acceptors (Lipinski definition) is 3. The second-order valence-electron chi connectivity index (χ2n) is 4.04. The average Bonchev–Trinajstić information content (AvgIpc) is 2.98. The fraction of sp³-hybridized carbons (Fsp3) is 0.545. The lowest BCUT2D eigenvalue weighted by Crippen LogP contribution is -2.23. The summed E-state index contributed by atoms with van der Waals surface area (Å²) >= 11 is 3.40. The van der Waals surface area contributed by atoms with Crippen LogP contribution in [0.2, 0.25) is 0 Å². The molecule has 1 aromatic heterocycles. The number of aliphatic hydroxyl groups is 1. The topological polar surface area (TPSA) is 42.4 Å². The summed E-state index contributed by atoms with van der Waals surface area (Å²) in [6.45, 7) is 1.83. The van der Waals surface area contributed by atoms with E-state index in [1.807, 2.05) is 13.0 Å². The Morgan fingerprint density at radius 1 is 1.60 bits per heavy atom. The molecule has 1 saturated carbocycles. The van der Waals surface area contributed by atoms with Crippen LogP contribution in [0.25, 0.3) is 0 Å². The highest BCUT2D eigenvalue weighted by molar-refractivity contribution is 9.10. The third kappa shape index (κ3) is 1.76. The third-order valence-corrected chi connectivity index (χ3v) is 3.57. The quantitative estimate of drug-likeness (QED) is 0.917. The van der Waals surface area contributed by atoms with Gasteiger partial charge in [0.15, 0.2) is 0 Å². The second-order valence-corrected chi connectivity index (χ2v) is 4.96. The van der Waals surface area contributed by atoms with E-state index < -0.39 is 0 Å². The van der Waals surface area contributed by atoms with E-state index in [1.165, 1.54) is 0 Å². The van der Waals surface area contributed by atoms with Crippen molar-refractivity contribution in [3.05, 3.63) is 22.3 Å². The Hall–Kier alpha value is -0.610. The molecular weight excluding hydrogens is 258 g/mol. The molecule has 0 spiro atoms. The van der Waals surface area contributed by atoms with Gasteiger partial charge in [-0.15, -0.1) is 0 Å². The first-order valence-corrected chi connectivity index (χ1v) is 5.77. The third-order valence-electron chi connectivity index (χ3n) is 3.14. The van der Waals surface area contributed by atoms with Crippen LogP contribution in [-0.2, 0) is 5.41 Å². The Morgan fingerprint density at radius 3 is 2.73 bits per heavy atom. The number of hydrogen-bond donors (Lipinski definition) is 1. The van der Waals surface area contributed by atoms with Gasteiger partial charge in [-0.3, -0.25) is 0 Å². The normalized spacial score (nSPS) is 19.7. The zero-order valence-corrected chi connectivity index (χ0v) is 10.4. The number of ether oxygens (including phenoxy) is 1. The Bertz CT molecular complexity index is 375. The zero-order chi connectivity index (χ0) is 11.1. The maximum Gasteiger partial charge on any atom is 0.216 e. The molecule has 1 unspecified atom stereocenters. The molecule has 0 bridgehead atoms. The van der Waals surface area contributed by atoms with Crippen LogP contribution in [0.3, 0.4) is 0 Å². The maximum absolute atomic E-state index is 9.81. The molecule has 0 aliphatic heterocycles. The van der Waals surface area contributed by atoms with Crippen molar-refractivity contribution in [3.8, 4) is 5.88 Å². The van der Waals surface area contributed by atoms with Gasteiger partial charge < -0.3 is 9.84 Å². The zero-order valence-electron chi connectivity index (χ0n) is 8.83. The number of methoxy groups -OCH3 is 1. The van der Waals surface area contributed by atoms with E-state index in [4.69, 9.17) is 4.74 Å². The van der Waals surface area contributed by atoms with Gasteiger partial charge in [-0.1, -0.05) is 0 Å². The molecule has 0 aromatic carbocycles. The van der Waals surface area contributed by atoms with Crippen LogP contribution in [-0.4, -0.2) is 23.3 Å². The molecule has 1 N–H and O–H groups in total. The number of nitrogens with zero attached hydrogens (tertiary/aromatic N) is 1. The highest BCUT2D eigenvalue weighted by atomic mass is 79.9. The fourth-order valence-electron chi connectivity index (χ4n) is 1.99. The summed E-state index contributed by atoms with van der Waals surface area (Å²) in [6, 6.07) is 1.99. The van der Waals surface area contributed by atoms with Gasteiger partial charge in [-0.05, 0) is 41.8 Å². The Balaban J connectivity index is 2.46. The second kappa shape index (κ2) is 3.76. The van der Waals surface area contributed by atoms with Gasteiger partial charge in [0.05, 0.1) is 13.2 Å². The molecule has 2 rings (SSSR count). The summed E-state index contributed by atoms with van der Waals surface area (Å²) in [5.74, 6) is 0.622. The van der Waals surface area contributed by atoms with Gasteiger partial charge >= 0.3 is 0 Å². The monoisotopic (exact) mass is 271 g/mol. The molecule has 4 heteroatoms. The summed E-state index contributed by atoms with van der Waals surface area (Å²) in [5, 5.41) is 9.81. The lowest BCUT2D eigenvalue weighted by Gasteiger charge is -2.20. The molecule has 1 aliphatic rings. The largest absolute Gasteiger partial charge is 0.481 e. The van der Waals surface area contributed by atoms with Crippen molar-refractivity contribution in [1.29, 1.82) is 0 Å². The molecule has 1 aromatic rings. The first kappa shape index (κ1) is 10.9. The maximum atomic E-state index is 9.81. The minimum Gasteiger partial charge on any atom is -0.481 e. The van der Waals surface area contributed by atoms with Crippen LogP contribution >= 0.6 is 15.9 Å². The molecule has 1 atom stereocenters. The number of halogens is 1. The highest BCUT2D eigenvalue weighted by Crippen LogP contribution is 2.53. The van der Waals surface area contributed by atoms with Gasteiger partial charge in [0.25, 0.3) is 0 Å². The molecule has 3 nitrogen and oxygen atoms in total. The highest BCUT2D eigenvalue weighted by Gasteiger charge is 2.50. The van der Waals surface area contributed by atoms with Crippen molar-refractivity contribution in [2.75, 3.05) is 7.11 Å². The summed E-state index contributed by atoms with van der Waals surface area (Å²) < 4.78 is 6.16. The summed E-state index contributed by atoms with van der Waals surface area (Å²) in [7, 11) is 1.61. The Morgan fingerprint density at radius 2 is 2.27 bits per heavy atom. The van der Waals surface area contributed by atoms with Crippen molar-refractivity contribution in [2.45, 2.75) is 31.3 Å². The molecule has 1 aliphatic carbocycles. The number of pyridine rings is 1. The standard InChI is InChI=1S/C11H14BrNO2/c1-7(14)11(3-4-11)9-5-8(12)6-13-10(9)15-2/h5-7,14H,3-4H2,1-2H3. The lowest BCUT2D eigenvalue weighted by molar-refractivity contribution is 0.148. The first-order chi connectivity index (χ1) is 7.10. The van der Waals surface area contributed by atoms with Gasteiger partial charge in [0, 0.05) is 21.6 Å². The number of rotatable bonds is 3. The minimum absolute atomic E-state index is 0.137. The predicted molar refractivity (Wildman–Crippen MR) is 61.1 cm³/mol. The molecule has 0 saturated heterocycles. The van der Waals surface area contributed by atoms with Gasteiger partial charge in [0.1, 0.15) is 0 Å². The van der Waals surface area contributed by atoms with E-state index >= 15 is 0 Å². The molecule has 1 fully saturated rings. The molecule has 0 radical (unpaired) electrons. The van der Waals surface area contributed by atoms with E-state index in [-0.39, 0.29) is 11.5 Å². The van der Waals surface area contributed by atoms with Crippen LogP contribution in [0.4, 0.5) is 0 Å². The van der Waals surface area contributed by atoms with E-state index in [0.717, 1.165) is 22.9 Å². The van der Waals surface area contributed by atoms with Crippen molar-refractivity contribution in [2.24, 2.45) is 0 Å². The summed E-state index contributed by atoms with van der Waals surface area (Å²) in [4.78, 5) is 4.21. The lowest BCUT2D eigenvalue weighted by atomic mass is 9.92. The van der Waals surface area contributed by atoms with Crippen molar-refractivity contribution in [1.82, 2.24) is 4.98 Å². The smallest absolute Gasteiger partial charge is 0.216 e. The summed E-state index contributed by atoms with van der Waals surface area (Å²) in [5.41, 5.74) is 0.872. The van der Waals surface area contributed by atoms with Crippen LogP contribution in [0.5, 0.6) is 5.88 Å². The van der Waals surface area contributed by atoms with E-state index in [9.17, 15) is 5.11 Å². The average molecular weight is 272 g/mol. The Labute approximate surface area is 97.6 Å². The molecular formula is C11H14BrNO2. The van der Waals surface area contributed by atoms with Crippen LogP contribution in [0.1, 0.15) is 25.3 Å². The molecule has 1 heterocycles. The summed E-state index contributed by atoms with van der Waals surface area (Å²) in [6.07, 6.45) is 3.35. The predicted octanol–water partition coefficient (Wildman–Crippen LogP) is 2.27. The first-order valence-electron chi connectivity index (χ1n) is 4.98. The molecule has 82 valence electrons. The van der Waals surface area contributed by atoms with Crippen molar-refractivity contribution >= 4 is 15.9 Å². The van der Waals surface area contributed by atoms with Crippen molar-refractivity contribution < 1.29 is 9.84 Å². The fourth-order valence-corrected chi connectivity index (χ4v) is 2.32. The van der Waals surface area contributed by atoms with E-state index in [0.29, 0.717) is 5.88 Å². The Kier molecular flexibility index (Phi) is 2.73. The SMILES string of the molecule is COc1ncc(Br)cc1C1(C(C)O)CC1. The molecule has 0 amide bonds. The van der Waals surface area contributed by atoms with Crippen molar-refractivity contribution in [3.63, 3.8) is 0 Å². The number of aliphatic hydroxyl groups excluding tert-OH is 1. The van der Waals surface area contributed by atoms with Gasteiger partial charge in [-0.25, -0.2) is 4.98 Å². The number of aromatic nitrogens is 1. The van der Waals surface area contributed by atoms with Crippen LogP contribution < -0.4 is 4.74 Å². The van der Waals surface area contributed by atoms with Gasteiger partial charge in [-0.2, -0.15) is 0 Å². The van der Waals surface area contributed by atoms with Crippen LogP contribution in [0.15, 0.2) is 16.7 Å². The minimum atomic E-state index is -0.359.